The first kappa shape index (κ1) is 5.87. The molecule has 8 heavy (non-hydrogen) atoms. The molecule has 1 rings (SSSR count). The van der Waals surface area contributed by atoms with E-state index in [-0.39, 0.29) is 0 Å². The van der Waals surface area contributed by atoms with Crippen LogP contribution in [0.25, 0.3) is 0 Å². The predicted molar refractivity (Wildman–Crippen MR) is 36.5 cm³/mol. The lowest BCUT2D eigenvalue weighted by atomic mass is 10.1. The van der Waals surface area contributed by atoms with Gasteiger partial charge in [0.1, 0.15) is 0 Å². The molecule has 0 saturated carbocycles. The van der Waals surface area contributed by atoms with Gasteiger partial charge in [0.15, 0.2) is 0 Å². The number of hydrogen-bond acceptors (Lipinski definition) is 0. The topological polar surface area (TPSA) is 0 Å². The second-order valence-electron chi connectivity index (χ2n) is 2.34. The number of allylic oxidation sites excluding steroid dienone is 2. The quantitative estimate of drug-likeness (QED) is 0.478. The maximum Gasteiger partial charge on any atom is -0.0286 e. The monoisotopic (exact) mass is 109 g/mol. The van der Waals surface area contributed by atoms with Gasteiger partial charge in [-0.15, -0.1) is 0 Å². The third kappa shape index (κ3) is 1.36. The Morgan fingerprint density at radius 1 is 1.62 bits per heavy atom. The van der Waals surface area contributed by atoms with E-state index >= 15 is 0 Å². The van der Waals surface area contributed by atoms with Gasteiger partial charge in [-0.1, -0.05) is 25.0 Å². The van der Waals surface area contributed by atoms with E-state index in [0.29, 0.717) is 0 Å². The molecule has 0 saturated heterocycles. The summed E-state index contributed by atoms with van der Waals surface area (Å²) in [5.74, 6) is 0. The largest absolute Gasteiger partial charge is 0.0850 e. The Morgan fingerprint density at radius 2 is 2.50 bits per heavy atom. The summed E-state index contributed by atoms with van der Waals surface area (Å²) in [7, 11) is 0. The van der Waals surface area contributed by atoms with Crippen molar-refractivity contribution in [2.24, 2.45) is 0 Å². The molecule has 0 heterocycles. The van der Waals surface area contributed by atoms with Crippen LogP contribution in [0.1, 0.15) is 32.6 Å². The molecule has 0 heteroatoms. The highest BCUT2D eigenvalue weighted by Gasteiger charge is 2.01. The zero-order valence-electron chi connectivity index (χ0n) is 5.48. The average molecular weight is 109 g/mol. The summed E-state index contributed by atoms with van der Waals surface area (Å²) in [5, 5.41) is 0. The van der Waals surface area contributed by atoms with Gasteiger partial charge in [0.2, 0.25) is 0 Å². The van der Waals surface area contributed by atoms with Crippen LogP contribution in [0.15, 0.2) is 11.6 Å². The maximum atomic E-state index is 2.35. The zero-order chi connectivity index (χ0) is 5.82. The lowest BCUT2D eigenvalue weighted by Crippen LogP contribution is -1.74. The summed E-state index contributed by atoms with van der Waals surface area (Å²) in [6, 6.07) is 0. The maximum absolute atomic E-state index is 2.35. The fourth-order valence-electron chi connectivity index (χ4n) is 1.13. The normalized spacial score (nSPS) is 18.9. The van der Waals surface area contributed by atoms with Crippen LogP contribution in [-0.2, 0) is 0 Å². The SMILES string of the molecule is CCCC1=CC[CH]C1. The number of rotatable bonds is 2. The van der Waals surface area contributed by atoms with E-state index in [1.165, 1.54) is 25.7 Å². The molecular formula is C8H13. The van der Waals surface area contributed by atoms with E-state index in [4.69, 9.17) is 0 Å². The molecule has 0 atom stereocenters. The first-order valence-corrected chi connectivity index (χ1v) is 3.43. The van der Waals surface area contributed by atoms with Gasteiger partial charge in [0.05, 0.1) is 0 Å². The molecule has 0 bridgehead atoms. The fraction of sp³-hybridized carbons (Fsp3) is 0.625. The minimum Gasteiger partial charge on any atom is -0.0850 e. The third-order valence-corrected chi connectivity index (χ3v) is 1.55. The summed E-state index contributed by atoms with van der Waals surface area (Å²) in [5.41, 5.74) is 1.65. The number of hydrogen-bond donors (Lipinski definition) is 0. The lowest BCUT2D eigenvalue weighted by Gasteiger charge is -1.93. The second-order valence-corrected chi connectivity index (χ2v) is 2.34. The van der Waals surface area contributed by atoms with Gasteiger partial charge >= 0.3 is 0 Å². The van der Waals surface area contributed by atoms with Crippen LogP contribution in [0.3, 0.4) is 0 Å². The highest BCUT2D eigenvalue weighted by molar-refractivity contribution is 5.13. The molecule has 0 aromatic carbocycles. The Balaban J connectivity index is 2.23. The molecule has 0 unspecified atom stereocenters. The van der Waals surface area contributed by atoms with Crippen molar-refractivity contribution in [1.29, 1.82) is 0 Å². The van der Waals surface area contributed by atoms with Crippen molar-refractivity contribution in [1.82, 2.24) is 0 Å². The molecule has 0 aliphatic heterocycles. The lowest BCUT2D eigenvalue weighted by molar-refractivity contribution is 0.882. The van der Waals surface area contributed by atoms with Gasteiger partial charge in [-0.05, 0) is 25.7 Å². The molecule has 0 amide bonds. The van der Waals surface area contributed by atoms with E-state index in [1.54, 1.807) is 5.57 Å². The molecule has 1 aliphatic rings. The van der Waals surface area contributed by atoms with E-state index in [1.807, 2.05) is 0 Å². The van der Waals surface area contributed by atoms with Gasteiger partial charge < -0.3 is 0 Å². The van der Waals surface area contributed by atoms with E-state index in [0.717, 1.165) is 0 Å². The highest BCUT2D eigenvalue weighted by atomic mass is 14.1. The van der Waals surface area contributed by atoms with E-state index < -0.39 is 0 Å². The molecule has 0 spiro atoms. The van der Waals surface area contributed by atoms with Crippen LogP contribution < -0.4 is 0 Å². The summed E-state index contributed by atoms with van der Waals surface area (Å²) >= 11 is 0. The smallest absolute Gasteiger partial charge is 0.0286 e. The molecule has 1 radical (unpaired) electrons. The van der Waals surface area contributed by atoms with Crippen LogP contribution in [0.5, 0.6) is 0 Å². The van der Waals surface area contributed by atoms with Gasteiger partial charge in [0, 0.05) is 0 Å². The predicted octanol–water partition coefficient (Wildman–Crippen LogP) is 2.71. The van der Waals surface area contributed by atoms with Crippen molar-refractivity contribution in [3.8, 4) is 0 Å². The van der Waals surface area contributed by atoms with Crippen LogP contribution in [0.2, 0.25) is 0 Å². The van der Waals surface area contributed by atoms with Crippen molar-refractivity contribution >= 4 is 0 Å². The minimum atomic E-state index is 1.22. The van der Waals surface area contributed by atoms with Crippen molar-refractivity contribution in [3.05, 3.63) is 18.1 Å². The molecule has 0 N–H and O–H groups in total. The highest BCUT2D eigenvalue weighted by Crippen LogP contribution is 2.20. The van der Waals surface area contributed by atoms with Gasteiger partial charge in [-0.2, -0.15) is 0 Å². The molecule has 0 aromatic heterocycles. The minimum absolute atomic E-state index is 1.22. The van der Waals surface area contributed by atoms with Crippen LogP contribution in [0.4, 0.5) is 0 Å². The van der Waals surface area contributed by atoms with Crippen molar-refractivity contribution in [2.75, 3.05) is 0 Å². The molecule has 0 aromatic rings. The summed E-state index contributed by atoms with van der Waals surface area (Å²) in [4.78, 5) is 0. The van der Waals surface area contributed by atoms with Gasteiger partial charge in [-0.25, -0.2) is 0 Å². The molecule has 45 valence electrons. The second kappa shape index (κ2) is 2.91. The first-order valence-electron chi connectivity index (χ1n) is 3.43. The fourth-order valence-corrected chi connectivity index (χ4v) is 1.13. The van der Waals surface area contributed by atoms with Crippen molar-refractivity contribution < 1.29 is 0 Å². The Kier molecular flexibility index (Phi) is 2.13. The molecule has 1 aliphatic carbocycles. The summed E-state index contributed by atoms with van der Waals surface area (Å²) < 4.78 is 0. The Bertz CT molecular complexity index is 90.2. The van der Waals surface area contributed by atoms with Gasteiger partial charge in [-0.3, -0.25) is 0 Å². The average Bonchev–Trinajstić information content (AvgIpc) is 2.19. The molecule has 0 fully saturated rings. The van der Waals surface area contributed by atoms with E-state index in [9.17, 15) is 0 Å². The molecule has 0 nitrogen and oxygen atoms in total. The Labute approximate surface area is 51.6 Å². The molecular weight excluding hydrogens is 96.1 g/mol. The van der Waals surface area contributed by atoms with E-state index in [2.05, 4.69) is 19.4 Å². The van der Waals surface area contributed by atoms with Crippen molar-refractivity contribution in [3.63, 3.8) is 0 Å². The van der Waals surface area contributed by atoms with Gasteiger partial charge in [0.25, 0.3) is 0 Å². The zero-order valence-corrected chi connectivity index (χ0v) is 5.48. The third-order valence-electron chi connectivity index (χ3n) is 1.55. The van der Waals surface area contributed by atoms with Crippen molar-refractivity contribution in [2.45, 2.75) is 32.6 Å². The summed E-state index contributed by atoms with van der Waals surface area (Å²) in [6.45, 7) is 2.24. The Morgan fingerprint density at radius 3 is 3.00 bits per heavy atom. The van der Waals surface area contributed by atoms with Crippen LogP contribution in [0, 0.1) is 6.42 Å². The standard InChI is InChI=1S/C8H13/c1-2-5-8-6-3-4-7-8/h3,7H,2,4-6H2,1H3. The summed E-state index contributed by atoms with van der Waals surface area (Å²) in [6.07, 6.45) is 9.79. The van der Waals surface area contributed by atoms with Crippen LogP contribution >= 0.6 is 0 Å². The van der Waals surface area contributed by atoms with Crippen LogP contribution in [-0.4, -0.2) is 0 Å². The Hall–Kier alpha value is -0.260. The first-order chi connectivity index (χ1) is 3.93.